The molecule has 1 fully saturated rings. The van der Waals surface area contributed by atoms with Gasteiger partial charge in [-0.1, -0.05) is 36.4 Å². The summed E-state index contributed by atoms with van der Waals surface area (Å²) in [5.41, 5.74) is 4.99. The Morgan fingerprint density at radius 1 is 0.907 bits per heavy atom. The van der Waals surface area contributed by atoms with Crippen molar-refractivity contribution in [3.05, 3.63) is 89.7 Å². The van der Waals surface area contributed by atoms with E-state index in [1.807, 2.05) is 53.1 Å². The molecule has 0 unspecified atom stereocenters. The summed E-state index contributed by atoms with van der Waals surface area (Å²) < 4.78 is 47.2. The number of para-hydroxylation sites is 3. The van der Waals surface area contributed by atoms with Crippen LogP contribution >= 0.6 is 0 Å². The molecule has 9 nitrogen and oxygen atoms in total. The molecule has 12 heteroatoms. The summed E-state index contributed by atoms with van der Waals surface area (Å²) in [5, 5.41) is 8.72. The lowest BCUT2D eigenvalue weighted by Crippen LogP contribution is -2.37. The van der Waals surface area contributed by atoms with E-state index < -0.39 is 11.7 Å². The number of nitrogens with one attached hydrogen (secondary N) is 2. The Bertz CT molecular complexity index is 1730. The molecule has 0 amide bonds. The second-order valence-corrected chi connectivity index (χ2v) is 10.3. The number of hydrogen-bond donors (Lipinski definition) is 2. The SMILES string of the molecule is FC(F)(F)c1cccc(Cn2c(/C=N/Nc3nc(NCCCN4CCOCC4)c4ccccc4n3)nc3ccccc32)c1. The third-order valence-corrected chi connectivity index (χ3v) is 7.27. The molecule has 1 aliphatic rings. The van der Waals surface area contributed by atoms with Gasteiger partial charge < -0.3 is 14.6 Å². The van der Waals surface area contributed by atoms with Crippen LogP contribution in [-0.4, -0.2) is 70.0 Å². The summed E-state index contributed by atoms with van der Waals surface area (Å²) in [6.45, 7) is 5.39. The smallest absolute Gasteiger partial charge is 0.379 e. The van der Waals surface area contributed by atoms with E-state index in [9.17, 15) is 13.2 Å². The summed E-state index contributed by atoms with van der Waals surface area (Å²) in [4.78, 5) is 16.3. The molecule has 0 spiro atoms. The van der Waals surface area contributed by atoms with Gasteiger partial charge in [0.2, 0.25) is 5.95 Å². The second kappa shape index (κ2) is 12.8. The maximum absolute atomic E-state index is 13.3. The molecule has 1 saturated heterocycles. The van der Waals surface area contributed by atoms with Gasteiger partial charge in [-0.15, -0.1) is 0 Å². The number of alkyl halides is 3. The van der Waals surface area contributed by atoms with E-state index in [1.165, 1.54) is 12.3 Å². The zero-order valence-corrected chi connectivity index (χ0v) is 23.4. The average Bonchev–Trinajstić information content (AvgIpc) is 3.36. The standard InChI is InChI=1S/C31H31F3N8O/c32-31(33,34)23-8-5-7-22(19-23)21-42-27-12-4-3-11-26(27)37-28(42)20-36-40-30-38-25-10-2-1-9-24(25)29(39-30)35-13-6-14-41-15-17-43-18-16-41/h1-5,7-12,19-20H,6,13-18,21H2,(H2,35,38,39,40)/b36-20+. The van der Waals surface area contributed by atoms with Gasteiger partial charge in [-0.25, -0.2) is 15.4 Å². The molecular weight excluding hydrogens is 557 g/mol. The van der Waals surface area contributed by atoms with Gasteiger partial charge in [0.25, 0.3) is 0 Å². The number of hydrazone groups is 1. The first-order valence-corrected chi connectivity index (χ1v) is 14.2. The minimum atomic E-state index is -4.42. The summed E-state index contributed by atoms with van der Waals surface area (Å²) in [6, 6.07) is 20.5. The second-order valence-electron chi connectivity index (χ2n) is 10.3. The molecule has 3 aromatic carbocycles. The Kier molecular flexibility index (Phi) is 8.47. The Balaban J connectivity index is 1.20. The third-order valence-electron chi connectivity index (χ3n) is 7.27. The normalized spacial score (nSPS) is 14.6. The number of imidazole rings is 1. The van der Waals surface area contributed by atoms with Crippen LogP contribution < -0.4 is 10.7 Å². The van der Waals surface area contributed by atoms with Crippen LogP contribution in [0, 0.1) is 0 Å². The van der Waals surface area contributed by atoms with Gasteiger partial charge in [0.05, 0.1) is 41.5 Å². The Morgan fingerprint density at radius 3 is 2.53 bits per heavy atom. The summed E-state index contributed by atoms with van der Waals surface area (Å²) in [7, 11) is 0. The molecular formula is C31H31F3N8O. The van der Waals surface area contributed by atoms with Crippen molar-refractivity contribution in [2.24, 2.45) is 5.10 Å². The van der Waals surface area contributed by atoms with E-state index in [0.29, 0.717) is 28.7 Å². The Labute approximate surface area is 246 Å². The molecule has 6 rings (SSSR count). The molecule has 0 aliphatic carbocycles. The predicted molar refractivity (Wildman–Crippen MR) is 161 cm³/mol. The number of aromatic nitrogens is 4. The zero-order valence-electron chi connectivity index (χ0n) is 23.4. The van der Waals surface area contributed by atoms with Crippen LogP contribution in [-0.2, 0) is 17.5 Å². The van der Waals surface area contributed by atoms with Crippen LogP contribution in [0.4, 0.5) is 24.9 Å². The fourth-order valence-electron chi connectivity index (χ4n) is 5.13. The third kappa shape index (κ3) is 6.92. The van der Waals surface area contributed by atoms with Gasteiger partial charge in [-0.05, 0) is 54.9 Å². The molecule has 0 bridgehead atoms. The van der Waals surface area contributed by atoms with Gasteiger partial charge in [0.15, 0.2) is 5.82 Å². The molecule has 2 N–H and O–H groups in total. The minimum Gasteiger partial charge on any atom is -0.379 e. The lowest BCUT2D eigenvalue weighted by molar-refractivity contribution is -0.137. The fraction of sp³-hybridized carbons (Fsp3) is 0.290. The van der Waals surface area contributed by atoms with Crippen LogP contribution in [0.1, 0.15) is 23.4 Å². The van der Waals surface area contributed by atoms with E-state index in [4.69, 9.17) is 4.74 Å². The number of halogens is 3. The van der Waals surface area contributed by atoms with Crippen LogP contribution in [0.15, 0.2) is 77.9 Å². The molecule has 43 heavy (non-hydrogen) atoms. The molecule has 1 aliphatic heterocycles. The van der Waals surface area contributed by atoms with Crippen LogP contribution in [0.5, 0.6) is 0 Å². The quantitative estimate of drug-likeness (QED) is 0.124. The highest BCUT2D eigenvalue weighted by atomic mass is 19.4. The van der Waals surface area contributed by atoms with E-state index in [1.54, 1.807) is 6.07 Å². The van der Waals surface area contributed by atoms with Gasteiger partial charge >= 0.3 is 6.18 Å². The number of hydrogen-bond acceptors (Lipinski definition) is 8. The number of fused-ring (bicyclic) bond motifs is 2. The molecule has 2 aromatic heterocycles. The van der Waals surface area contributed by atoms with Crippen molar-refractivity contribution < 1.29 is 17.9 Å². The van der Waals surface area contributed by atoms with Gasteiger partial charge in [-0.2, -0.15) is 23.3 Å². The number of anilines is 2. The van der Waals surface area contributed by atoms with Crippen molar-refractivity contribution in [3.8, 4) is 0 Å². The maximum Gasteiger partial charge on any atom is 0.416 e. The summed E-state index contributed by atoms with van der Waals surface area (Å²) in [6.07, 6.45) is -1.93. The highest BCUT2D eigenvalue weighted by Gasteiger charge is 2.30. The van der Waals surface area contributed by atoms with Crippen molar-refractivity contribution in [2.75, 3.05) is 50.1 Å². The monoisotopic (exact) mass is 588 g/mol. The van der Waals surface area contributed by atoms with Gasteiger partial charge in [0, 0.05) is 31.6 Å². The first kappa shape index (κ1) is 28.6. The van der Waals surface area contributed by atoms with Crippen molar-refractivity contribution in [1.29, 1.82) is 0 Å². The lowest BCUT2D eigenvalue weighted by Gasteiger charge is -2.26. The van der Waals surface area contributed by atoms with Crippen molar-refractivity contribution in [3.63, 3.8) is 0 Å². The van der Waals surface area contributed by atoms with E-state index in [0.717, 1.165) is 74.4 Å². The number of nitrogens with zero attached hydrogens (tertiary/aromatic N) is 6. The first-order chi connectivity index (χ1) is 20.9. The van der Waals surface area contributed by atoms with Crippen molar-refractivity contribution in [1.82, 2.24) is 24.4 Å². The topological polar surface area (TPSA) is 92.5 Å². The van der Waals surface area contributed by atoms with E-state index in [-0.39, 0.29) is 6.54 Å². The van der Waals surface area contributed by atoms with Crippen LogP contribution in [0.2, 0.25) is 0 Å². The summed E-state index contributed by atoms with van der Waals surface area (Å²) in [5.74, 6) is 1.50. The van der Waals surface area contributed by atoms with Gasteiger partial charge in [-0.3, -0.25) is 4.90 Å². The predicted octanol–water partition coefficient (Wildman–Crippen LogP) is 5.63. The molecule has 0 atom stereocenters. The largest absolute Gasteiger partial charge is 0.416 e. The van der Waals surface area contributed by atoms with Crippen LogP contribution in [0.25, 0.3) is 21.9 Å². The van der Waals surface area contributed by atoms with Crippen LogP contribution in [0.3, 0.4) is 0 Å². The van der Waals surface area contributed by atoms with Gasteiger partial charge in [0.1, 0.15) is 5.82 Å². The van der Waals surface area contributed by atoms with E-state index in [2.05, 4.69) is 35.7 Å². The average molecular weight is 589 g/mol. The minimum absolute atomic E-state index is 0.191. The number of benzene rings is 3. The highest BCUT2D eigenvalue weighted by molar-refractivity contribution is 5.90. The molecule has 5 aromatic rings. The molecule has 0 saturated carbocycles. The Hall–Kier alpha value is -4.55. The maximum atomic E-state index is 13.3. The lowest BCUT2D eigenvalue weighted by atomic mass is 10.1. The zero-order chi connectivity index (χ0) is 29.6. The molecule has 0 radical (unpaired) electrons. The fourth-order valence-corrected chi connectivity index (χ4v) is 5.13. The highest BCUT2D eigenvalue weighted by Crippen LogP contribution is 2.30. The first-order valence-electron chi connectivity index (χ1n) is 14.2. The number of morpholine rings is 1. The molecule has 3 heterocycles. The van der Waals surface area contributed by atoms with E-state index >= 15 is 0 Å². The molecule has 222 valence electrons. The number of rotatable bonds is 10. The van der Waals surface area contributed by atoms with Crippen molar-refractivity contribution >= 4 is 39.9 Å². The van der Waals surface area contributed by atoms with Crippen molar-refractivity contribution in [2.45, 2.75) is 19.1 Å². The Morgan fingerprint density at radius 2 is 1.70 bits per heavy atom. The summed E-state index contributed by atoms with van der Waals surface area (Å²) >= 11 is 0. The number of ether oxygens (including phenoxy) is 1.